The minimum absolute atomic E-state index is 0.263. The molecule has 0 bridgehead atoms. The van der Waals surface area contributed by atoms with Gasteiger partial charge in [0.05, 0.1) is 25.4 Å². The minimum Gasteiger partial charge on any atom is -0.394 e. The molecule has 1 fully saturated rings. The maximum absolute atomic E-state index is 13.1. The number of rotatable bonds is 43. The molecule has 0 radical (unpaired) electrons. The molecule has 1 aliphatic rings. The van der Waals surface area contributed by atoms with Gasteiger partial charge in [-0.25, -0.2) is 0 Å². The van der Waals surface area contributed by atoms with Gasteiger partial charge in [-0.15, -0.1) is 0 Å². The van der Waals surface area contributed by atoms with Gasteiger partial charge >= 0.3 is 0 Å². The molecule has 0 saturated carbocycles. The average Bonchev–Trinajstić information content (AvgIpc) is 3.26. The van der Waals surface area contributed by atoms with Crippen molar-refractivity contribution < 1.29 is 50.0 Å². The summed E-state index contributed by atoms with van der Waals surface area (Å²) >= 11 is 0. The molecule has 11 nitrogen and oxygen atoms in total. The van der Waals surface area contributed by atoms with E-state index in [1.54, 1.807) is 0 Å². The molecule has 0 aromatic heterocycles. The van der Waals surface area contributed by atoms with E-state index in [4.69, 9.17) is 9.47 Å². The second-order valence-electron chi connectivity index (χ2n) is 19.1. The third-order valence-electron chi connectivity index (χ3n) is 12.7. The maximum atomic E-state index is 13.1. The first-order chi connectivity index (χ1) is 30.0. The number of amides is 1. The van der Waals surface area contributed by atoms with Crippen LogP contribution in [0.3, 0.4) is 0 Å². The molecule has 62 heavy (non-hydrogen) atoms. The van der Waals surface area contributed by atoms with Gasteiger partial charge in [0, 0.05) is 0 Å². The third kappa shape index (κ3) is 30.1. The van der Waals surface area contributed by atoms with Crippen LogP contribution >= 0.6 is 0 Å². The number of carbonyl (C=O) groups is 1. The molecule has 368 valence electrons. The van der Waals surface area contributed by atoms with E-state index in [9.17, 15) is 40.5 Å². The first kappa shape index (κ1) is 58.9. The minimum atomic E-state index is -1.66. The number of unbranched alkanes of at least 4 members (excludes halogenated alkanes) is 27. The molecule has 0 unspecified atom stereocenters. The first-order valence-electron chi connectivity index (χ1n) is 25.9. The SMILES string of the molecule is CCCCCC/C=C\CCCCCCCCCCCCCCCCC[C@@H](O)C(=O)N[C@@H](CO[C@@H]1O[C@H](CO)[C@@H](O)[C@H](O)[C@H]1O)[C@H](O)[C@H](O)CCCCCCCCCCCC(C)C. The van der Waals surface area contributed by atoms with Gasteiger partial charge in [-0.05, 0) is 44.4 Å². The van der Waals surface area contributed by atoms with Crippen LogP contribution in [0.1, 0.15) is 233 Å². The Labute approximate surface area is 379 Å². The van der Waals surface area contributed by atoms with Crippen LogP contribution in [-0.2, 0) is 14.3 Å². The van der Waals surface area contributed by atoms with E-state index in [0.29, 0.717) is 19.3 Å². The number of aliphatic hydroxyl groups excluding tert-OH is 7. The maximum Gasteiger partial charge on any atom is 0.249 e. The van der Waals surface area contributed by atoms with E-state index in [1.165, 1.54) is 148 Å². The number of allylic oxidation sites excluding steroid dienone is 2. The standard InChI is InChI=1S/C51H99NO10/c1-4-5-6-7-8-9-10-11-12-13-14-15-16-17-18-19-20-21-22-25-29-32-35-38-44(55)50(60)52-42(40-61-51-49(59)48(58)47(57)45(39-53)62-51)46(56)43(54)37-34-31-28-26-23-24-27-30-33-36-41(2)3/h9-10,41-49,51,53-59H,4-8,11-40H2,1-3H3,(H,52,60)/b10-9-/t42-,43+,44+,45+,46-,47+,48-,49+,51+/m0/s1. The molecule has 1 rings (SSSR count). The van der Waals surface area contributed by atoms with Gasteiger partial charge in [0.15, 0.2) is 6.29 Å². The van der Waals surface area contributed by atoms with Gasteiger partial charge in [0.2, 0.25) is 5.91 Å². The van der Waals surface area contributed by atoms with Gasteiger partial charge in [0.25, 0.3) is 0 Å². The highest BCUT2D eigenvalue weighted by Gasteiger charge is 2.44. The van der Waals surface area contributed by atoms with Crippen LogP contribution in [-0.4, -0.2) is 110 Å². The number of ether oxygens (including phenoxy) is 2. The Morgan fingerprint density at radius 2 is 1.00 bits per heavy atom. The predicted octanol–water partition coefficient (Wildman–Crippen LogP) is 9.48. The Morgan fingerprint density at radius 3 is 1.45 bits per heavy atom. The zero-order valence-corrected chi connectivity index (χ0v) is 40.0. The second-order valence-corrected chi connectivity index (χ2v) is 19.1. The fourth-order valence-electron chi connectivity index (χ4n) is 8.44. The molecular weight excluding hydrogens is 787 g/mol. The number of hydrogen-bond acceptors (Lipinski definition) is 10. The summed E-state index contributed by atoms with van der Waals surface area (Å²) in [6.07, 6.45) is 31.3. The first-order valence-corrected chi connectivity index (χ1v) is 25.9. The highest BCUT2D eigenvalue weighted by Crippen LogP contribution is 2.23. The summed E-state index contributed by atoms with van der Waals surface area (Å²) in [4.78, 5) is 13.1. The second kappa shape index (κ2) is 40.2. The molecule has 1 aliphatic heterocycles. The van der Waals surface area contributed by atoms with Crippen molar-refractivity contribution in [3.8, 4) is 0 Å². The molecule has 11 heteroatoms. The monoisotopic (exact) mass is 886 g/mol. The lowest BCUT2D eigenvalue weighted by Crippen LogP contribution is -2.60. The van der Waals surface area contributed by atoms with Crippen LogP contribution in [0.5, 0.6) is 0 Å². The van der Waals surface area contributed by atoms with Crippen molar-refractivity contribution in [2.24, 2.45) is 5.92 Å². The van der Waals surface area contributed by atoms with E-state index in [-0.39, 0.29) is 6.42 Å². The summed E-state index contributed by atoms with van der Waals surface area (Å²) in [5, 5.41) is 75.8. The van der Waals surface area contributed by atoms with Crippen molar-refractivity contribution >= 4 is 5.91 Å². The summed E-state index contributed by atoms with van der Waals surface area (Å²) in [5.41, 5.74) is 0. The lowest BCUT2D eigenvalue weighted by molar-refractivity contribution is -0.303. The van der Waals surface area contributed by atoms with Crippen LogP contribution < -0.4 is 5.32 Å². The van der Waals surface area contributed by atoms with E-state index in [2.05, 4.69) is 38.2 Å². The van der Waals surface area contributed by atoms with Gasteiger partial charge in [-0.3, -0.25) is 4.79 Å². The molecule has 0 aromatic carbocycles. The van der Waals surface area contributed by atoms with Crippen LogP contribution in [0.25, 0.3) is 0 Å². The highest BCUT2D eigenvalue weighted by molar-refractivity contribution is 5.80. The van der Waals surface area contributed by atoms with Gasteiger partial charge in [-0.2, -0.15) is 0 Å². The molecule has 0 aliphatic carbocycles. The molecule has 1 amide bonds. The molecule has 1 heterocycles. The van der Waals surface area contributed by atoms with Crippen LogP contribution in [0.15, 0.2) is 12.2 Å². The normalized spacial score (nSPS) is 21.4. The molecular formula is C51H99NO10. The smallest absolute Gasteiger partial charge is 0.249 e. The quantitative estimate of drug-likeness (QED) is 0.0216. The summed E-state index contributed by atoms with van der Waals surface area (Å²) in [6, 6.07) is -1.16. The average molecular weight is 886 g/mol. The van der Waals surface area contributed by atoms with Crippen molar-refractivity contribution in [3.05, 3.63) is 12.2 Å². The largest absolute Gasteiger partial charge is 0.394 e. The van der Waals surface area contributed by atoms with Crippen molar-refractivity contribution in [3.63, 3.8) is 0 Å². The van der Waals surface area contributed by atoms with Crippen molar-refractivity contribution in [1.82, 2.24) is 5.32 Å². The molecule has 0 aromatic rings. The zero-order chi connectivity index (χ0) is 45.6. The van der Waals surface area contributed by atoms with E-state index >= 15 is 0 Å². The lowest BCUT2D eigenvalue weighted by atomic mass is 9.98. The van der Waals surface area contributed by atoms with E-state index < -0.39 is 74.2 Å². The number of aliphatic hydroxyl groups is 7. The fourth-order valence-corrected chi connectivity index (χ4v) is 8.44. The summed E-state index contributed by atoms with van der Waals surface area (Å²) in [5.74, 6) is 0.0676. The van der Waals surface area contributed by atoms with Crippen molar-refractivity contribution in [2.45, 2.75) is 288 Å². The van der Waals surface area contributed by atoms with Gasteiger partial charge in [-0.1, -0.05) is 206 Å². The van der Waals surface area contributed by atoms with Gasteiger partial charge in [0.1, 0.15) is 36.6 Å². The lowest BCUT2D eigenvalue weighted by Gasteiger charge is -2.40. The van der Waals surface area contributed by atoms with Crippen LogP contribution in [0, 0.1) is 5.92 Å². The summed E-state index contributed by atoms with van der Waals surface area (Å²) in [7, 11) is 0. The highest BCUT2D eigenvalue weighted by atomic mass is 16.7. The topological polar surface area (TPSA) is 189 Å². The zero-order valence-electron chi connectivity index (χ0n) is 40.0. The number of carbonyl (C=O) groups excluding carboxylic acids is 1. The Kier molecular flexibility index (Phi) is 38.1. The molecule has 8 N–H and O–H groups in total. The Hall–Kier alpha value is -1.15. The Balaban J connectivity index is 2.32. The number of nitrogens with one attached hydrogen (secondary N) is 1. The predicted molar refractivity (Wildman–Crippen MR) is 252 cm³/mol. The van der Waals surface area contributed by atoms with E-state index in [0.717, 1.165) is 44.4 Å². The fraction of sp³-hybridized carbons (Fsp3) is 0.941. The number of hydrogen-bond donors (Lipinski definition) is 8. The van der Waals surface area contributed by atoms with Gasteiger partial charge < -0.3 is 50.5 Å². The Morgan fingerprint density at radius 1 is 0.581 bits per heavy atom. The van der Waals surface area contributed by atoms with Crippen molar-refractivity contribution in [2.75, 3.05) is 13.2 Å². The Bertz CT molecular complexity index is 1030. The summed E-state index contributed by atoms with van der Waals surface area (Å²) in [6.45, 7) is 5.73. The third-order valence-corrected chi connectivity index (χ3v) is 12.7. The molecule has 0 spiro atoms. The van der Waals surface area contributed by atoms with Crippen molar-refractivity contribution in [1.29, 1.82) is 0 Å². The molecule has 9 atom stereocenters. The van der Waals surface area contributed by atoms with Crippen LogP contribution in [0.2, 0.25) is 0 Å². The van der Waals surface area contributed by atoms with E-state index in [1.807, 2.05) is 0 Å². The van der Waals surface area contributed by atoms with Crippen LogP contribution in [0.4, 0.5) is 0 Å². The summed E-state index contributed by atoms with van der Waals surface area (Å²) < 4.78 is 11.1. The molecule has 1 saturated heterocycles.